The Kier molecular flexibility index (Phi) is 7.64. The van der Waals surface area contributed by atoms with Crippen LogP contribution in [-0.4, -0.2) is 47.2 Å². The number of benzene rings is 3. The molecule has 0 bridgehead atoms. The van der Waals surface area contributed by atoms with Crippen LogP contribution in [-0.2, 0) is 0 Å². The molecule has 1 aliphatic carbocycles. The van der Waals surface area contributed by atoms with Crippen LogP contribution in [0.3, 0.4) is 0 Å². The van der Waals surface area contributed by atoms with E-state index in [4.69, 9.17) is 26.1 Å². The monoisotopic (exact) mass is 550 g/mol. The average Bonchev–Trinajstić information content (AvgIpc) is 3.66. The molecular weight excluding hydrogens is 516 g/mol. The van der Waals surface area contributed by atoms with E-state index in [1.54, 1.807) is 7.11 Å². The Morgan fingerprint density at radius 3 is 2.61 bits per heavy atom. The lowest BCUT2D eigenvalue weighted by Gasteiger charge is -2.25. The standard InChI is InChI=1S/C31H34N8O2/c1-40-28-10-6-5-9-24(28)26-18-34-29(35-26)19-41-23-14-11-20(12-15-23)31-36-25-17-21(30(37-32)38-33)13-16-27(25)39(31)22-7-3-2-4-8-22/h5-6,9-17,22H,2-4,7-8,18-19,32-33H2,1H3,(H,37,38). The molecule has 6 rings (SSSR count). The molecule has 1 fully saturated rings. The molecule has 0 atom stereocenters. The molecule has 0 amide bonds. The molecule has 0 unspecified atom stereocenters. The SMILES string of the molecule is COc1ccccc1C1=NC(COc2ccc(-c3nc4cc(/C(=N/N)NN)ccc4n3C3CCCCC3)cc2)=NC1. The minimum Gasteiger partial charge on any atom is -0.496 e. The predicted octanol–water partition coefficient (Wildman–Crippen LogP) is 4.58. The number of nitrogens with one attached hydrogen (secondary N) is 1. The summed E-state index contributed by atoms with van der Waals surface area (Å²) in [7, 11) is 1.66. The third kappa shape index (κ3) is 5.38. The molecule has 210 valence electrons. The van der Waals surface area contributed by atoms with Crippen LogP contribution < -0.4 is 26.6 Å². The Labute approximate surface area is 238 Å². The first-order valence-corrected chi connectivity index (χ1v) is 13.9. The molecule has 1 aliphatic heterocycles. The summed E-state index contributed by atoms with van der Waals surface area (Å²) in [6, 6.07) is 22.3. The van der Waals surface area contributed by atoms with Crippen LogP contribution >= 0.6 is 0 Å². The Balaban J connectivity index is 1.23. The zero-order valence-corrected chi connectivity index (χ0v) is 23.1. The maximum absolute atomic E-state index is 6.05. The van der Waals surface area contributed by atoms with Gasteiger partial charge in [-0.1, -0.05) is 31.4 Å². The maximum Gasteiger partial charge on any atom is 0.166 e. The number of hydrazine groups is 1. The Morgan fingerprint density at radius 2 is 1.85 bits per heavy atom. The molecule has 1 saturated carbocycles. The van der Waals surface area contributed by atoms with Gasteiger partial charge in [0.2, 0.25) is 0 Å². The summed E-state index contributed by atoms with van der Waals surface area (Å²) in [5.74, 6) is 14.7. The van der Waals surface area contributed by atoms with E-state index in [0.29, 0.717) is 30.9 Å². The molecule has 0 spiro atoms. The van der Waals surface area contributed by atoms with Crippen molar-refractivity contribution in [1.29, 1.82) is 0 Å². The van der Waals surface area contributed by atoms with Gasteiger partial charge in [0, 0.05) is 22.7 Å². The zero-order chi connectivity index (χ0) is 28.2. The van der Waals surface area contributed by atoms with Crippen molar-refractivity contribution in [3.63, 3.8) is 0 Å². The Bertz CT molecular complexity index is 1630. The summed E-state index contributed by atoms with van der Waals surface area (Å²) in [6.07, 6.45) is 6.01. The molecule has 41 heavy (non-hydrogen) atoms. The highest BCUT2D eigenvalue weighted by atomic mass is 16.5. The minimum atomic E-state index is 0.293. The summed E-state index contributed by atoms with van der Waals surface area (Å²) < 4.78 is 13.9. The number of aromatic nitrogens is 2. The largest absolute Gasteiger partial charge is 0.496 e. The van der Waals surface area contributed by atoms with E-state index in [0.717, 1.165) is 63.6 Å². The first-order chi connectivity index (χ1) is 20.2. The number of nitrogens with zero attached hydrogens (tertiary/aromatic N) is 5. The predicted molar refractivity (Wildman–Crippen MR) is 163 cm³/mol. The second-order valence-electron chi connectivity index (χ2n) is 10.2. The first kappa shape index (κ1) is 26.5. The van der Waals surface area contributed by atoms with Crippen molar-refractivity contribution in [3.8, 4) is 22.9 Å². The van der Waals surface area contributed by atoms with Crippen molar-refractivity contribution in [3.05, 3.63) is 77.9 Å². The van der Waals surface area contributed by atoms with E-state index >= 15 is 0 Å². The highest BCUT2D eigenvalue weighted by Gasteiger charge is 2.23. The van der Waals surface area contributed by atoms with Gasteiger partial charge in [0.1, 0.15) is 23.9 Å². The summed E-state index contributed by atoms with van der Waals surface area (Å²) in [4.78, 5) is 14.3. The third-order valence-corrected chi connectivity index (χ3v) is 7.74. The summed E-state index contributed by atoms with van der Waals surface area (Å²) in [6.45, 7) is 0.804. The molecule has 10 heteroatoms. The lowest BCUT2D eigenvalue weighted by atomic mass is 9.94. The number of hydrogen-bond acceptors (Lipinski definition) is 8. The van der Waals surface area contributed by atoms with E-state index in [2.05, 4.69) is 43.3 Å². The van der Waals surface area contributed by atoms with Gasteiger partial charge in [0.25, 0.3) is 0 Å². The smallest absolute Gasteiger partial charge is 0.166 e. The van der Waals surface area contributed by atoms with Gasteiger partial charge < -0.3 is 25.3 Å². The van der Waals surface area contributed by atoms with Gasteiger partial charge in [0.15, 0.2) is 11.7 Å². The number of methoxy groups -OCH3 is 1. The molecule has 2 heterocycles. The summed E-state index contributed by atoms with van der Waals surface area (Å²) in [5.41, 5.74) is 8.18. The maximum atomic E-state index is 6.05. The number of rotatable bonds is 8. The normalized spacial score (nSPS) is 16.0. The highest BCUT2D eigenvalue weighted by molar-refractivity contribution is 6.14. The molecule has 3 aromatic carbocycles. The average molecular weight is 551 g/mol. The fourth-order valence-electron chi connectivity index (χ4n) is 5.70. The van der Waals surface area contributed by atoms with Crippen molar-refractivity contribution < 1.29 is 9.47 Å². The van der Waals surface area contributed by atoms with Crippen LogP contribution in [0.2, 0.25) is 0 Å². The van der Waals surface area contributed by atoms with Gasteiger partial charge in [0.05, 0.1) is 30.4 Å². The molecule has 5 N–H and O–H groups in total. The molecular formula is C31H34N8O2. The summed E-state index contributed by atoms with van der Waals surface area (Å²) >= 11 is 0. The van der Waals surface area contributed by atoms with E-state index in [1.165, 1.54) is 19.3 Å². The lowest BCUT2D eigenvalue weighted by molar-refractivity contribution is 0.362. The minimum absolute atomic E-state index is 0.293. The highest BCUT2D eigenvalue weighted by Crippen LogP contribution is 2.36. The van der Waals surface area contributed by atoms with Crippen LogP contribution in [0.25, 0.3) is 22.4 Å². The third-order valence-electron chi connectivity index (χ3n) is 7.74. The van der Waals surface area contributed by atoms with E-state index < -0.39 is 0 Å². The van der Waals surface area contributed by atoms with Crippen LogP contribution in [0.5, 0.6) is 11.5 Å². The van der Waals surface area contributed by atoms with Crippen LogP contribution in [0.15, 0.2) is 81.8 Å². The number of fused-ring (bicyclic) bond motifs is 1. The Morgan fingerprint density at radius 1 is 1.05 bits per heavy atom. The van der Waals surface area contributed by atoms with Gasteiger partial charge in [-0.05, 0) is 67.4 Å². The van der Waals surface area contributed by atoms with Crippen molar-refractivity contribution >= 4 is 28.4 Å². The Hall–Kier alpha value is -4.70. The molecule has 1 aromatic heterocycles. The van der Waals surface area contributed by atoms with Crippen molar-refractivity contribution in [1.82, 2.24) is 15.0 Å². The van der Waals surface area contributed by atoms with Gasteiger partial charge in [-0.25, -0.2) is 15.8 Å². The molecule has 0 radical (unpaired) electrons. The number of hydrogen-bond donors (Lipinski definition) is 3. The van der Waals surface area contributed by atoms with Crippen LogP contribution in [0.1, 0.15) is 49.3 Å². The number of aliphatic imine (C=N–C) groups is 2. The molecule has 2 aliphatic rings. The fourth-order valence-corrected chi connectivity index (χ4v) is 5.70. The summed E-state index contributed by atoms with van der Waals surface area (Å²) in [5, 5.41) is 3.75. The molecule has 0 saturated heterocycles. The van der Waals surface area contributed by atoms with E-state index in [-0.39, 0.29) is 0 Å². The van der Waals surface area contributed by atoms with Gasteiger partial charge >= 0.3 is 0 Å². The van der Waals surface area contributed by atoms with Crippen LogP contribution in [0.4, 0.5) is 0 Å². The molecule has 10 nitrogen and oxygen atoms in total. The van der Waals surface area contributed by atoms with Crippen molar-refractivity contribution in [2.75, 3.05) is 20.3 Å². The van der Waals surface area contributed by atoms with E-state index in [1.807, 2.05) is 48.5 Å². The number of ether oxygens (including phenoxy) is 2. The zero-order valence-electron chi connectivity index (χ0n) is 23.1. The molecule has 4 aromatic rings. The second kappa shape index (κ2) is 11.8. The van der Waals surface area contributed by atoms with Gasteiger partial charge in [-0.3, -0.25) is 4.99 Å². The van der Waals surface area contributed by atoms with Gasteiger partial charge in [-0.15, -0.1) is 0 Å². The van der Waals surface area contributed by atoms with Crippen molar-refractivity contribution in [2.45, 2.75) is 38.1 Å². The van der Waals surface area contributed by atoms with E-state index in [9.17, 15) is 0 Å². The number of hydrazone groups is 1. The second-order valence-corrected chi connectivity index (χ2v) is 10.2. The van der Waals surface area contributed by atoms with Crippen LogP contribution in [0, 0.1) is 0 Å². The quantitative estimate of drug-likeness (QED) is 0.127. The first-order valence-electron chi connectivity index (χ1n) is 13.9. The number of imidazole rings is 1. The number of amidine groups is 2. The van der Waals surface area contributed by atoms with Gasteiger partial charge in [-0.2, -0.15) is 5.10 Å². The number of nitrogens with two attached hydrogens (primary N) is 2. The van der Waals surface area contributed by atoms with Crippen molar-refractivity contribution in [2.24, 2.45) is 26.8 Å². The number of para-hydroxylation sites is 1. The fraction of sp³-hybridized carbons (Fsp3) is 0.290. The topological polar surface area (TPSA) is 137 Å². The lowest BCUT2D eigenvalue weighted by Crippen LogP contribution is -2.32.